The summed E-state index contributed by atoms with van der Waals surface area (Å²) in [6.07, 6.45) is 0. The molecule has 0 radical (unpaired) electrons. The lowest BCUT2D eigenvalue weighted by molar-refractivity contribution is 0.673. The summed E-state index contributed by atoms with van der Waals surface area (Å²) in [4.78, 5) is 5.49. The van der Waals surface area contributed by atoms with E-state index < -0.39 is 0 Å². The minimum Gasteiger partial charge on any atom is -0.455 e. The zero-order chi connectivity index (χ0) is 37.5. The van der Waals surface area contributed by atoms with E-state index in [9.17, 15) is 0 Å². The molecule has 0 aliphatic rings. The van der Waals surface area contributed by atoms with Crippen molar-refractivity contribution >= 4 is 65.6 Å². The van der Waals surface area contributed by atoms with Gasteiger partial charge in [0.1, 0.15) is 17.0 Å². The molecule has 57 heavy (non-hydrogen) atoms. The summed E-state index contributed by atoms with van der Waals surface area (Å²) >= 11 is 0. The van der Waals surface area contributed by atoms with E-state index in [4.69, 9.17) is 9.40 Å². The van der Waals surface area contributed by atoms with Crippen LogP contribution >= 0.6 is 0 Å². The van der Waals surface area contributed by atoms with Gasteiger partial charge in [-0.05, 0) is 71.3 Å². The summed E-state index contributed by atoms with van der Waals surface area (Å²) < 4.78 is 11.6. The van der Waals surface area contributed by atoms with Crippen LogP contribution in [0, 0.1) is 0 Å². The van der Waals surface area contributed by atoms with E-state index in [1.165, 1.54) is 16.3 Å². The van der Waals surface area contributed by atoms with Crippen molar-refractivity contribution in [1.82, 2.24) is 14.1 Å². The number of hydrogen-bond donors (Lipinski definition) is 0. The highest BCUT2D eigenvalue weighted by Crippen LogP contribution is 2.46. The van der Waals surface area contributed by atoms with Crippen LogP contribution in [0.2, 0.25) is 0 Å². The fourth-order valence-electron chi connectivity index (χ4n) is 8.97. The third kappa shape index (κ3) is 4.84. The number of fused-ring (bicyclic) bond motifs is 10. The predicted octanol–water partition coefficient (Wildman–Crippen LogP) is 14.2. The first-order chi connectivity index (χ1) is 28.3. The first-order valence-corrected chi connectivity index (χ1v) is 19.4. The average molecular weight is 728 g/mol. The number of para-hydroxylation sites is 4. The standard InChI is InChI=1S/C53H33N3O/c1-4-16-34(17-5-1)37-30-45(35-18-6-2-7-19-35)54-50(32-37)56-47-26-14-11-24-42(47)51-52(56)43(33-44-41-23-12-15-27-49(41)57-53(44)51)36-28-29-40-39-22-10-13-25-46(39)55(48(40)31-36)38-20-8-3-9-21-38/h1-33H. The first kappa shape index (κ1) is 31.6. The summed E-state index contributed by atoms with van der Waals surface area (Å²) in [5.41, 5.74) is 13.8. The van der Waals surface area contributed by atoms with Crippen LogP contribution in [0.25, 0.3) is 111 Å². The van der Waals surface area contributed by atoms with Crippen LogP contribution < -0.4 is 0 Å². The molecule has 12 aromatic rings. The number of furan rings is 1. The number of pyridine rings is 1. The lowest BCUT2D eigenvalue weighted by Crippen LogP contribution is -2.01. The van der Waals surface area contributed by atoms with E-state index in [0.29, 0.717) is 0 Å². The molecule has 0 fully saturated rings. The highest BCUT2D eigenvalue weighted by molar-refractivity contribution is 6.27. The minimum absolute atomic E-state index is 0.845. The zero-order valence-corrected chi connectivity index (χ0v) is 30.8. The fraction of sp³-hybridized carbons (Fsp3) is 0. The lowest BCUT2D eigenvalue weighted by atomic mass is 9.97. The van der Waals surface area contributed by atoms with E-state index in [2.05, 4.69) is 203 Å². The van der Waals surface area contributed by atoms with Gasteiger partial charge in [0.15, 0.2) is 0 Å². The van der Waals surface area contributed by atoms with Crippen molar-refractivity contribution in [2.75, 3.05) is 0 Å². The second-order valence-corrected chi connectivity index (χ2v) is 14.7. The van der Waals surface area contributed by atoms with Crippen molar-refractivity contribution in [3.8, 4) is 45.0 Å². The average Bonchev–Trinajstić information content (AvgIpc) is 3.94. The summed E-state index contributed by atoms with van der Waals surface area (Å²) in [7, 11) is 0. The molecule has 0 spiro atoms. The first-order valence-electron chi connectivity index (χ1n) is 19.4. The molecule has 266 valence electrons. The Morgan fingerprint density at radius 3 is 1.77 bits per heavy atom. The van der Waals surface area contributed by atoms with E-state index in [1.54, 1.807) is 0 Å². The monoisotopic (exact) mass is 727 g/mol. The number of rotatable bonds is 5. The molecule has 4 heterocycles. The van der Waals surface area contributed by atoms with Crippen molar-refractivity contribution < 1.29 is 4.42 Å². The molecule has 8 aromatic carbocycles. The molecule has 0 saturated heterocycles. The Labute approximate surface area is 328 Å². The maximum absolute atomic E-state index is 6.85. The Kier molecular flexibility index (Phi) is 6.89. The highest BCUT2D eigenvalue weighted by Gasteiger charge is 2.25. The van der Waals surface area contributed by atoms with Gasteiger partial charge in [-0.1, -0.05) is 146 Å². The normalized spacial score (nSPS) is 11.9. The highest BCUT2D eigenvalue weighted by atomic mass is 16.3. The Morgan fingerprint density at radius 2 is 1.00 bits per heavy atom. The second kappa shape index (κ2) is 12.4. The van der Waals surface area contributed by atoms with Crippen molar-refractivity contribution in [1.29, 1.82) is 0 Å². The van der Waals surface area contributed by atoms with E-state index >= 15 is 0 Å². The van der Waals surface area contributed by atoms with Crippen LogP contribution in [0.3, 0.4) is 0 Å². The molecule has 0 unspecified atom stereocenters. The van der Waals surface area contributed by atoms with Crippen LogP contribution in [0.5, 0.6) is 0 Å². The van der Waals surface area contributed by atoms with Gasteiger partial charge in [-0.15, -0.1) is 0 Å². The van der Waals surface area contributed by atoms with Gasteiger partial charge in [0.2, 0.25) is 0 Å². The summed E-state index contributed by atoms with van der Waals surface area (Å²) in [6, 6.07) is 71.3. The minimum atomic E-state index is 0.845. The quantitative estimate of drug-likeness (QED) is 0.177. The van der Waals surface area contributed by atoms with Crippen LogP contribution in [0.1, 0.15) is 0 Å². The van der Waals surface area contributed by atoms with E-state index in [-0.39, 0.29) is 0 Å². The molecule has 0 bridgehead atoms. The SMILES string of the molecule is c1ccc(-c2cc(-c3ccccc3)nc(-n3c4ccccc4c4c5oc6ccccc6c5cc(-c5ccc6c7ccccc7n(-c7ccccc7)c6c5)c43)c2)cc1. The third-order valence-electron chi connectivity index (χ3n) is 11.5. The van der Waals surface area contributed by atoms with Crippen molar-refractivity contribution in [2.24, 2.45) is 0 Å². The topological polar surface area (TPSA) is 35.9 Å². The molecular weight excluding hydrogens is 695 g/mol. The van der Waals surface area contributed by atoms with Crippen LogP contribution in [0.15, 0.2) is 205 Å². The van der Waals surface area contributed by atoms with Gasteiger partial charge in [-0.3, -0.25) is 4.57 Å². The fourth-order valence-corrected chi connectivity index (χ4v) is 8.97. The van der Waals surface area contributed by atoms with Crippen LogP contribution in [-0.4, -0.2) is 14.1 Å². The summed E-state index contributed by atoms with van der Waals surface area (Å²) in [6.45, 7) is 0. The van der Waals surface area contributed by atoms with E-state index in [0.717, 1.165) is 94.3 Å². The number of hydrogen-bond acceptors (Lipinski definition) is 2. The Balaban J connectivity index is 1.24. The maximum Gasteiger partial charge on any atom is 0.145 e. The zero-order valence-electron chi connectivity index (χ0n) is 30.8. The Morgan fingerprint density at radius 1 is 0.386 bits per heavy atom. The molecule has 0 amide bonds. The number of benzene rings is 8. The van der Waals surface area contributed by atoms with Crippen LogP contribution in [0.4, 0.5) is 0 Å². The van der Waals surface area contributed by atoms with Gasteiger partial charge >= 0.3 is 0 Å². The summed E-state index contributed by atoms with van der Waals surface area (Å²) in [5.74, 6) is 0.845. The van der Waals surface area contributed by atoms with Gasteiger partial charge in [0.25, 0.3) is 0 Å². The molecule has 0 N–H and O–H groups in total. The van der Waals surface area contributed by atoms with Gasteiger partial charge in [-0.25, -0.2) is 4.98 Å². The third-order valence-corrected chi connectivity index (χ3v) is 11.5. The van der Waals surface area contributed by atoms with Gasteiger partial charge in [-0.2, -0.15) is 0 Å². The largest absolute Gasteiger partial charge is 0.455 e. The van der Waals surface area contributed by atoms with Gasteiger partial charge in [0, 0.05) is 43.7 Å². The smallest absolute Gasteiger partial charge is 0.145 e. The molecule has 4 heteroatoms. The molecule has 12 rings (SSSR count). The Hall–Kier alpha value is -7.69. The van der Waals surface area contributed by atoms with E-state index in [1.807, 2.05) is 6.07 Å². The predicted molar refractivity (Wildman–Crippen MR) is 237 cm³/mol. The van der Waals surface area contributed by atoms with Crippen molar-refractivity contribution in [3.05, 3.63) is 200 Å². The lowest BCUT2D eigenvalue weighted by Gasteiger charge is -2.15. The summed E-state index contributed by atoms with van der Waals surface area (Å²) in [5, 5.41) is 6.83. The molecule has 4 nitrogen and oxygen atoms in total. The van der Waals surface area contributed by atoms with Gasteiger partial charge in [0.05, 0.1) is 33.1 Å². The van der Waals surface area contributed by atoms with Gasteiger partial charge < -0.3 is 8.98 Å². The van der Waals surface area contributed by atoms with Crippen LogP contribution in [-0.2, 0) is 0 Å². The second-order valence-electron chi connectivity index (χ2n) is 14.7. The molecule has 0 aliphatic heterocycles. The number of aromatic nitrogens is 3. The molecule has 0 aliphatic carbocycles. The van der Waals surface area contributed by atoms with Crippen molar-refractivity contribution in [2.45, 2.75) is 0 Å². The molecule has 4 aromatic heterocycles. The maximum atomic E-state index is 6.85. The Bertz CT molecular complexity index is 3440. The molecule has 0 atom stereocenters. The van der Waals surface area contributed by atoms with Crippen molar-refractivity contribution in [3.63, 3.8) is 0 Å². The number of nitrogens with zero attached hydrogens (tertiary/aromatic N) is 3. The molecule has 0 saturated carbocycles. The molecular formula is C53H33N3O.